The summed E-state index contributed by atoms with van der Waals surface area (Å²) in [5.74, 6) is 0.721. The lowest BCUT2D eigenvalue weighted by atomic mass is 9.96. The maximum absolute atomic E-state index is 4.39. The van der Waals surface area contributed by atoms with E-state index in [-0.39, 0.29) is 0 Å². The molecule has 2 atom stereocenters. The molecular formula is C17H22N2. The fourth-order valence-corrected chi connectivity index (χ4v) is 3.17. The molecule has 2 aromatic rings. The molecule has 1 N–H and O–H groups in total. The van der Waals surface area contributed by atoms with Crippen LogP contribution in [0.25, 0.3) is 10.9 Å². The Balaban J connectivity index is 1.74. The third kappa shape index (κ3) is 2.79. The van der Waals surface area contributed by atoms with Crippen molar-refractivity contribution >= 4 is 10.9 Å². The molecule has 0 spiro atoms. The molecule has 2 unspecified atom stereocenters. The molecule has 1 aliphatic carbocycles. The predicted octanol–water partition coefficient (Wildman–Crippen LogP) is 3.87. The van der Waals surface area contributed by atoms with Crippen LogP contribution in [0.2, 0.25) is 0 Å². The van der Waals surface area contributed by atoms with Gasteiger partial charge in [-0.15, -0.1) is 0 Å². The molecule has 0 amide bonds. The minimum absolute atomic E-state index is 0.717. The number of fused-ring (bicyclic) bond motifs is 1. The highest BCUT2D eigenvalue weighted by molar-refractivity contribution is 5.79. The van der Waals surface area contributed by atoms with E-state index in [9.17, 15) is 0 Å². The van der Waals surface area contributed by atoms with E-state index in [0.717, 1.165) is 24.0 Å². The summed E-state index contributed by atoms with van der Waals surface area (Å²) in [6.07, 6.45) is 7.00. The highest BCUT2D eigenvalue weighted by Gasteiger charge is 2.25. The summed E-state index contributed by atoms with van der Waals surface area (Å²) in [4.78, 5) is 4.39. The van der Waals surface area contributed by atoms with Crippen molar-refractivity contribution in [3.05, 3.63) is 42.1 Å². The number of nitrogens with zero attached hydrogens (tertiary/aromatic N) is 1. The molecular weight excluding hydrogens is 232 g/mol. The Morgan fingerprint density at radius 1 is 1.26 bits per heavy atom. The van der Waals surface area contributed by atoms with Crippen LogP contribution in [0.1, 0.15) is 44.1 Å². The first-order valence-corrected chi connectivity index (χ1v) is 7.45. The average Bonchev–Trinajstić information content (AvgIpc) is 2.93. The number of benzene rings is 1. The van der Waals surface area contributed by atoms with Crippen molar-refractivity contribution in [1.29, 1.82) is 0 Å². The van der Waals surface area contributed by atoms with E-state index in [1.165, 1.54) is 36.6 Å². The third-order valence-corrected chi connectivity index (χ3v) is 4.21. The Hall–Kier alpha value is -1.41. The quantitative estimate of drug-likeness (QED) is 0.896. The summed E-state index contributed by atoms with van der Waals surface area (Å²) in [6.45, 7) is 3.38. The van der Waals surface area contributed by atoms with Gasteiger partial charge < -0.3 is 5.32 Å². The molecule has 1 heterocycles. The van der Waals surface area contributed by atoms with Gasteiger partial charge in [0, 0.05) is 17.6 Å². The fourth-order valence-electron chi connectivity index (χ4n) is 3.17. The van der Waals surface area contributed by atoms with Crippen molar-refractivity contribution < 1.29 is 0 Å². The van der Waals surface area contributed by atoms with Crippen LogP contribution < -0.4 is 5.32 Å². The van der Waals surface area contributed by atoms with E-state index < -0.39 is 0 Å². The summed E-state index contributed by atoms with van der Waals surface area (Å²) in [6, 6.07) is 11.7. The van der Waals surface area contributed by atoms with Crippen LogP contribution >= 0.6 is 0 Å². The predicted molar refractivity (Wildman–Crippen MR) is 80.4 cm³/mol. The molecule has 19 heavy (non-hydrogen) atoms. The lowest BCUT2D eigenvalue weighted by molar-refractivity contribution is 0.517. The number of hydrogen-bond acceptors (Lipinski definition) is 2. The lowest BCUT2D eigenvalue weighted by Crippen LogP contribution is -2.26. The van der Waals surface area contributed by atoms with Crippen molar-refractivity contribution in [2.45, 2.75) is 44.6 Å². The van der Waals surface area contributed by atoms with Gasteiger partial charge in [-0.05, 0) is 61.9 Å². The number of rotatable bonds is 4. The minimum Gasteiger partial charge on any atom is -0.314 e. The number of hydrogen-bond donors (Lipinski definition) is 1. The van der Waals surface area contributed by atoms with Crippen LogP contribution in [0, 0.1) is 0 Å². The molecule has 1 aromatic heterocycles. The summed E-state index contributed by atoms with van der Waals surface area (Å²) < 4.78 is 0. The van der Waals surface area contributed by atoms with Crippen molar-refractivity contribution in [2.75, 3.05) is 6.54 Å². The van der Waals surface area contributed by atoms with Crippen LogP contribution in [0.5, 0.6) is 0 Å². The van der Waals surface area contributed by atoms with Gasteiger partial charge >= 0.3 is 0 Å². The second-order valence-electron chi connectivity index (χ2n) is 5.62. The first kappa shape index (κ1) is 12.6. The van der Waals surface area contributed by atoms with Gasteiger partial charge in [0.05, 0.1) is 5.52 Å². The van der Waals surface area contributed by atoms with E-state index in [2.05, 4.69) is 41.5 Å². The Bertz CT molecular complexity index is 550. The van der Waals surface area contributed by atoms with Crippen LogP contribution in [0.3, 0.4) is 0 Å². The highest BCUT2D eigenvalue weighted by Crippen LogP contribution is 2.35. The second-order valence-corrected chi connectivity index (χ2v) is 5.62. The fraction of sp³-hybridized carbons (Fsp3) is 0.471. The molecule has 1 saturated carbocycles. The molecule has 1 aliphatic rings. The van der Waals surface area contributed by atoms with E-state index in [0.29, 0.717) is 0 Å². The number of aromatic nitrogens is 1. The highest BCUT2D eigenvalue weighted by atomic mass is 14.9. The van der Waals surface area contributed by atoms with Gasteiger partial charge in [0.2, 0.25) is 0 Å². The zero-order valence-electron chi connectivity index (χ0n) is 11.6. The molecule has 3 rings (SSSR count). The van der Waals surface area contributed by atoms with E-state index in [1.807, 2.05) is 12.3 Å². The molecule has 2 heteroatoms. The topological polar surface area (TPSA) is 24.9 Å². The van der Waals surface area contributed by atoms with Gasteiger partial charge in [-0.2, -0.15) is 0 Å². The summed E-state index contributed by atoms with van der Waals surface area (Å²) in [5.41, 5.74) is 2.59. The van der Waals surface area contributed by atoms with Gasteiger partial charge in [0.15, 0.2) is 0 Å². The van der Waals surface area contributed by atoms with Gasteiger partial charge in [0.1, 0.15) is 0 Å². The van der Waals surface area contributed by atoms with E-state index in [1.54, 1.807) is 0 Å². The van der Waals surface area contributed by atoms with Crippen LogP contribution in [-0.4, -0.2) is 17.6 Å². The molecule has 100 valence electrons. The molecule has 0 bridgehead atoms. The molecule has 2 nitrogen and oxygen atoms in total. The molecule has 1 aromatic carbocycles. The van der Waals surface area contributed by atoms with Gasteiger partial charge in [-0.25, -0.2) is 0 Å². The number of pyridine rings is 1. The van der Waals surface area contributed by atoms with Crippen molar-refractivity contribution in [3.8, 4) is 0 Å². The lowest BCUT2D eigenvalue weighted by Gasteiger charge is -2.13. The second kappa shape index (κ2) is 5.70. The van der Waals surface area contributed by atoms with Crippen LogP contribution in [-0.2, 0) is 0 Å². The first-order valence-electron chi connectivity index (χ1n) is 7.45. The Labute approximate surface area is 115 Å². The van der Waals surface area contributed by atoms with E-state index >= 15 is 0 Å². The van der Waals surface area contributed by atoms with Crippen LogP contribution in [0.15, 0.2) is 36.5 Å². The third-order valence-electron chi connectivity index (χ3n) is 4.21. The zero-order valence-corrected chi connectivity index (χ0v) is 11.6. The summed E-state index contributed by atoms with van der Waals surface area (Å²) >= 11 is 0. The Morgan fingerprint density at radius 3 is 3.11 bits per heavy atom. The molecule has 0 aliphatic heterocycles. The molecule has 1 fully saturated rings. The van der Waals surface area contributed by atoms with Crippen molar-refractivity contribution in [2.24, 2.45) is 0 Å². The van der Waals surface area contributed by atoms with Gasteiger partial charge in [0.25, 0.3) is 0 Å². The minimum atomic E-state index is 0.717. The first-order chi connectivity index (χ1) is 9.36. The number of nitrogens with one attached hydrogen (secondary N) is 1. The monoisotopic (exact) mass is 254 g/mol. The van der Waals surface area contributed by atoms with Crippen molar-refractivity contribution in [3.63, 3.8) is 0 Å². The van der Waals surface area contributed by atoms with Gasteiger partial charge in [-0.1, -0.05) is 19.1 Å². The maximum atomic E-state index is 4.39. The van der Waals surface area contributed by atoms with E-state index in [4.69, 9.17) is 0 Å². The largest absolute Gasteiger partial charge is 0.314 e. The zero-order chi connectivity index (χ0) is 13.1. The van der Waals surface area contributed by atoms with Crippen molar-refractivity contribution in [1.82, 2.24) is 10.3 Å². The standard InChI is InChI=1S/C17H22N2/c1-2-9-18-16-7-5-14(12-16)13-6-8-17-15(11-13)4-3-10-19-17/h3-4,6,8,10-11,14,16,18H,2,5,7,9,12H2,1H3. The SMILES string of the molecule is CCCNC1CCC(c2ccc3ncccc3c2)C1. The Kier molecular flexibility index (Phi) is 3.79. The van der Waals surface area contributed by atoms with Crippen LogP contribution in [0.4, 0.5) is 0 Å². The Morgan fingerprint density at radius 2 is 2.21 bits per heavy atom. The summed E-state index contributed by atoms with van der Waals surface area (Å²) in [5, 5.41) is 4.92. The average molecular weight is 254 g/mol. The summed E-state index contributed by atoms with van der Waals surface area (Å²) in [7, 11) is 0. The molecule has 0 radical (unpaired) electrons. The van der Waals surface area contributed by atoms with Gasteiger partial charge in [-0.3, -0.25) is 4.98 Å². The molecule has 0 saturated heterocycles. The normalized spacial score (nSPS) is 23.0. The maximum Gasteiger partial charge on any atom is 0.0702 e. The smallest absolute Gasteiger partial charge is 0.0702 e.